The van der Waals surface area contributed by atoms with Gasteiger partial charge in [-0.15, -0.1) is 12.4 Å². The molecule has 4 nitrogen and oxygen atoms in total. The van der Waals surface area contributed by atoms with Crippen LogP contribution in [0.25, 0.3) is 0 Å². The van der Waals surface area contributed by atoms with E-state index in [1.807, 2.05) is 0 Å². The van der Waals surface area contributed by atoms with E-state index in [0.717, 1.165) is 7.05 Å². The zero-order chi connectivity index (χ0) is 11.6. The number of halogens is 3. The third kappa shape index (κ3) is 3.27. The minimum Gasteiger partial charge on any atom is -0.465 e. The number of amides is 2. The molecule has 0 bridgehead atoms. The van der Waals surface area contributed by atoms with Gasteiger partial charge < -0.3 is 5.11 Å². The summed E-state index contributed by atoms with van der Waals surface area (Å²) < 4.78 is 0. The summed E-state index contributed by atoms with van der Waals surface area (Å²) in [6, 6.07) is 4.23. The van der Waals surface area contributed by atoms with E-state index < -0.39 is 12.0 Å². The van der Waals surface area contributed by atoms with Gasteiger partial charge in [-0.3, -0.25) is 4.79 Å². The van der Waals surface area contributed by atoms with E-state index in [4.69, 9.17) is 28.3 Å². The van der Waals surface area contributed by atoms with Crippen molar-refractivity contribution in [2.45, 2.75) is 0 Å². The molecular formula is C9H8Cl3NO3. The maximum atomic E-state index is 11.5. The fraction of sp³-hybridized carbons (Fsp3) is 0.111. The first-order valence-electron chi connectivity index (χ1n) is 3.89. The molecule has 0 radical (unpaired) electrons. The molecule has 0 unspecified atom stereocenters. The molecule has 0 atom stereocenters. The van der Waals surface area contributed by atoms with Crippen molar-refractivity contribution in [2.75, 3.05) is 7.05 Å². The number of carbonyl (C=O) groups excluding carboxylic acids is 1. The second-order valence-electron chi connectivity index (χ2n) is 2.77. The van der Waals surface area contributed by atoms with Crippen LogP contribution in [0.1, 0.15) is 10.4 Å². The number of carboxylic acid groups (broad SMARTS) is 1. The van der Waals surface area contributed by atoms with Gasteiger partial charge in [-0.2, -0.15) is 0 Å². The Morgan fingerprint density at radius 3 is 2.31 bits per heavy atom. The summed E-state index contributed by atoms with van der Waals surface area (Å²) in [7, 11) is 1.15. The Hall–Kier alpha value is -0.970. The normalized spacial score (nSPS) is 9.19. The lowest BCUT2D eigenvalue weighted by atomic mass is 10.2. The summed E-state index contributed by atoms with van der Waals surface area (Å²) in [5.74, 6) is -0.691. The molecule has 0 aliphatic carbocycles. The first-order valence-corrected chi connectivity index (χ1v) is 4.65. The molecule has 0 heterocycles. The second-order valence-corrected chi connectivity index (χ2v) is 3.61. The van der Waals surface area contributed by atoms with Crippen LogP contribution in [-0.2, 0) is 0 Å². The summed E-state index contributed by atoms with van der Waals surface area (Å²) in [6.07, 6.45) is -1.34. The molecule has 0 spiro atoms. The van der Waals surface area contributed by atoms with Crippen molar-refractivity contribution in [1.82, 2.24) is 4.90 Å². The fourth-order valence-corrected chi connectivity index (χ4v) is 1.42. The summed E-state index contributed by atoms with van der Waals surface area (Å²) in [5.41, 5.74) is 0.103. The van der Waals surface area contributed by atoms with E-state index in [1.165, 1.54) is 18.2 Å². The SMILES string of the molecule is CN(C(=O)O)C(=O)c1ccc(Cl)cc1Cl.Cl. The second kappa shape index (κ2) is 5.94. The molecule has 0 aliphatic heterocycles. The highest BCUT2D eigenvalue weighted by atomic mass is 35.5. The molecule has 88 valence electrons. The number of rotatable bonds is 1. The fourth-order valence-electron chi connectivity index (χ4n) is 0.930. The molecule has 0 saturated heterocycles. The average molecular weight is 285 g/mol. The molecule has 1 aromatic rings. The van der Waals surface area contributed by atoms with Gasteiger partial charge in [0.2, 0.25) is 0 Å². The molecular weight excluding hydrogens is 276 g/mol. The minimum atomic E-state index is -1.34. The third-order valence-electron chi connectivity index (χ3n) is 1.75. The number of benzene rings is 1. The molecule has 0 aromatic heterocycles. The quantitative estimate of drug-likeness (QED) is 0.862. The van der Waals surface area contributed by atoms with Crippen molar-refractivity contribution in [2.24, 2.45) is 0 Å². The van der Waals surface area contributed by atoms with Crippen LogP contribution in [-0.4, -0.2) is 29.1 Å². The van der Waals surface area contributed by atoms with Crippen LogP contribution < -0.4 is 0 Å². The Kier molecular flexibility index (Phi) is 5.58. The van der Waals surface area contributed by atoms with Crippen molar-refractivity contribution in [1.29, 1.82) is 0 Å². The number of hydrogen-bond acceptors (Lipinski definition) is 2. The smallest absolute Gasteiger partial charge is 0.414 e. The van der Waals surface area contributed by atoms with Gasteiger partial charge in [0.15, 0.2) is 0 Å². The van der Waals surface area contributed by atoms with Gasteiger partial charge in [0.25, 0.3) is 5.91 Å². The van der Waals surface area contributed by atoms with Crippen molar-refractivity contribution in [3.8, 4) is 0 Å². The van der Waals surface area contributed by atoms with Crippen molar-refractivity contribution < 1.29 is 14.7 Å². The first kappa shape index (κ1) is 15.0. The number of nitrogens with zero attached hydrogens (tertiary/aromatic N) is 1. The zero-order valence-corrected chi connectivity index (χ0v) is 10.4. The van der Waals surface area contributed by atoms with E-state index in [1.54, 1.807) is 0 Å². The van der Waals surface area contributed by atoms with Crippen molar-refractivity contribution in [3.63, 3.8) is 0 Å². The summed E-state index contributed by atoms with van der Waals surface area (Å²) in [5, 5.41) is 9.10. The standard InChI is InChI=1S/C9H7Cl2NO3.ClH/c1-12(9(14)15)8(13)6-3-2-5(10)4-7(6)11;/h2-4H,1H3,(H,14,15);1H. The molecule has 16 heavy (non-hydrogen) atoms. The molecule has 1 rings (SSSR count). The Labute approximate surface area is 108 Å². The van der Waals surface area contributed by atoms with Gasteiger partial charge in [0.05, 0.1) is 10.6 Å². The van der Waals surface area contributed by atoms with E-state index in [9.17, 15) is 9.59 Å². The first-order chi connectivity index (χ1) is 6.93. The summed E-state index contributed by atoms with van der Waals surface area (Å²) in [6.45, 7) is 0. The van der Waals surface area contributed by atoms with Crippen LogP contribution in [0.4, 0.5) is 4.79 Å². The number of hydrogen-bond donors (Lipinski definition) is 1. The van der Waals surface area contributed by atoms with E-state index >= 15 is 0 Å². The molecule has 0 aliphatic rings. The van der Waals surface area contributed by atoms with Crippen LogP contribution in [0.5, 0.6) is 0 Å². The Balaban J connectivity index is 0.00000225. The third-order valence-corrected chi connectivity index (χ3v) is 2.30. The van der Waals surface area contributed by atoms with Gasteiger partial charge in [-0.05, 0) is 18.2 Å². The average Bonchev–Trinajstić information content (AvgIpc) is 2.15. The molecule has 0 saturated carbocycles. The van der Waals surface area contributed by atoms with E-state index in [-0.39, 0.29) is 23.0 Å². The largest absolute Gasteiger partial charge is 0.465 e. The van der Waals surface area contributed by atoms with Crippen LogP contribution in [0.2, 0.25) is 10.0 Å². The maximum absolute atomic E-state index is 11.5. The molecule has 0 fully saturated rings. The molecule has 2 amide bonds. The van der Waals surface area contributed by atoms with Crippen LogP contribution in [0.3, 0.4) is 0 Å². The lowest BCUT2D eigenvalue weighted by molar-refractivity contribution is 0.0782. The lowest BCUT2D eigenvalue weighted by Gasteiger charge is -2.11. The van der Waals surface area contributed by atoms with Gasteiger partial charge in [-0.25, -0.2) is 9.69 Å². The van der Waals surface area contributed by atoms with Crippen LogP contribution in [0.15, 0.2) is 18.2 Å². The highest BCUT2D eigenvalue weighted by Gasteiger charge is 2.19. The number of carbonyl (C=O) groups is 2. The zero-order valence-electron chi connectivity index (χ0n) is 8.11. The maximum Gasteiger partial charge on any atom is 0.414 e. The van der Waals surface area contributed by atoms with Crippen molar-refractivity contribution >= 4 is 47.6 Å². The minimum absolute atomic E-state index is 0. The molecule has 7 heteroatoms. The Morgan fingerprint density at radius 1 is 1.31 bits per heavy atom. The van der Waals surface area contributed by atoms with E-state index in [0.29, 0.717) is 9.92 Å². The predicted octanol–water partition coefficient (Wildman–Crippen LogP) is 3.17. The topological polar surface area (TPSA) is 57.6 Å². The predicted molar refractivity (Wildman–Crippen MR) is 63.8 cm³/mol. The van der Waals surface area contributed by atoms with Gasteiger partial charge >= 0.3 is 6.09 Å². The van der Waals surface area contributed by atoms with Crippen LogP contribution >= 0.6 is 35.6 Å². The molecule has 1 aromatic carbocycles. The van der Waals surface area contributed by atoms with Gasteiger partial charge in [0, 0.05) is 12.1 Å². The summed E-state index contributed by atoms with van der Waals surface area (Å²) in [4.78, 5) is 22.6. The highest BCUT2D eigenvalue weighted by molar-refractivity contribution is 6.36. The molecule has 1 N–H and O–H groups in total. The van der Waals surface area contributed by atoms with Crippen molar-refractivity contribution in [3.05, 3.63) is 33.8 Å². The van der Waals surface area contributed by atoms with Gasteiger partial charge in [-0.1, -0.05) is 23.2 Å². The Bertz CT molecular complexity index is 422. The van der Waals surface area contributed by atoms with Crippen LogP contribution in [0, 0.1) is 0 Å². The number of imide groups is 1. The van der Waals surface area contributed by atoms with E-state index in [2.05, 4.69) is 0 Å². The van der Waals surface area contributed by atoms with Gasteiger partial charge in [0.1, 0.15) is 0 Å². The summed E-state index contributed by atoms with van der Waals surface area (Å²) >= 11 is 11.4. The monoisotopic (exact) mass is 283 g/mol. The Morgan fingerprint density at radius 2 is 1.88 bits per heavy atom. The highest BCUT2D eigenvalue weighted by Crippen LogP contribution is 2.21. The lowest BCUT2D eigenvalue weighted by Crippen LogP contribution is -2.31.